The fourth-order valence-corrected chi connectivity index (χ4v) is 2.36. The molecule has 1 fully saturated rings. The maximum Gasteiger partial charge on any atom is 0.333 e. The van der Waals surface area contributed by atoms with Gasteiger partial charge in [0.2, 0.25) is 5.82 Å². The lowest BCUT2D eigenvalue weighted by Crippen LogP contribution is -2.46. The minimum absolute atomic E-state index is 0.409. The van der Waals surface area contributed by atoms with Gasteiger partial charge in [-0.3, -0.25) is 18.7 Å². The molecule has 10 heteroatoms. The first-order valence-corrected chi connectivity index (χ1v) is 7.35. The molecule has 0 radical (unpaired) electrons. The summed E-state index contributed by atoms with van der Waals surface area (Å²) in [6.45, 7) is 1.88. The summed E-state index contributed by atoms with van der Waals surface area (Å²) in [7, 11) is 0. The number of hydrogen-bond acceptors (Lipinski definition) is 7. The van der Waals surface area contributed by atoms with E-state index >= 15 is 0 Å². The first-order chi connectivity index (χ1) is 11.2. The highest BCUT2D eigenvalue weighted by Crippen LogP contribution is 2.27. The number of ketones is 1. The largest absolute Gasteiger partial charge is 0.394 e. The van der Waals surface area contributed by atoms with Crippen LogP contribution in [0.5, 0.6) is 0 Å². The molecule has 0 aromatic carbocycles. The lowest BCUT2D eigenvalue weighted by atomic mass is 10.1. The number of aliphatic hydroxyl groups excluding tert-OH is 3. The van der Waals surface area contributed by atoms with Crippen molar-refractivity contribution in [1.82, 2.24) is 9.13 Å². The standard InChI is InChI=1S/C14H19FN2O7/c1-6(2)8(19)4-16-12(22)7(15)3-17(14(16)23)13-11(21)10(20)9(5-18)24-13/h3,6,9-11,13,18,20-21H,4-5H2,1-2H3/t9-,10-,11-,13-/m1/s1. The number of aromatic nitrogens is 2. The van der Waals surface area contributed by atoms with Crippen LogP contribution in [-0.2, 0) is 16.1 Å². The van der Waals surface area contributed by atoms with Gasteiger partial charge in [0.25, 0.3) is 5.56 Å². The van der Waals surface area contributed by atoms with Crippen LogP contribution in [0.4, 0.5) is 4.39 Å². The van der Waals surface area contributed by atoms with E-state index in [1.54, 1.807) is 13.8 Å². The van der Waals surface area contributed by atoms with Gasteiger partial charge in [0.15, 0.2) is 12.0 Å². The second kappa shape index (κ2) is 6.93. The molecular formula is C14H19FN2O7. The first-order valence-electron chi connectivity index (χ1n) is 7.35. The summed E-state index contributed by atoms with van der Waals surface area (Å²) in [4.78, 5) is 36.0. The zero-order valence-corrected chi connectivity index (χ0v) is 13.1. The average Bonchev–Trinajstić information content (AvgIpc) is 2.82. The van der Waals surface area contributed by atoms with Crippen LogP contribution in [0.15, 0.2) is 15.8 Å². The Morgan fingerprint density at radius 2 is 1.96 bits per heavy atom. The highest BCUT2D eigenvalue weighted by Gasteiger charge is 2.44. The van der Waals surface area contributed by atoms with Crippen LogP contribution in [-0.4, -0.2) is 55.2 Å². The third-order valence-electron chi connectivity index (χ3n) is 3.90. The van der Waals surface area contributed by atoms with Crippen LogP contribution >= 0.6 is 0 Å². The van der Waals surface area contributed by atoms with Gasteiger partial charge in [0, 0.05) is 5.92 Å². The summed E-state index contributed by atoms with van der Waals surface area (Å²) >= 11 is 0. The van der Waals surface area contributed by atoms with Crippen LogP contribution in [0.25, 0.3) is 0 Å². The van der Waals surface area contributed by atoms with Crippen LogP contribution in [0.3, 0.4) is 0 Å². The number of carbonyl (C=O) groups is 1. The predicted octanol–water partition coefficient (Wildman–Crippen LogP) is -2.01. The molecule has 2 heterocycles. The summed E-state index contributed by atoms with van der Waals surface area (Å²) < 4.78 is 20.0. The molecule has 0 saturated carbocycles. The molecule has 134 valence electrons. The molecule has 24 heavy (non-hydrogen) atoms. The molecule has 1 saturated heterocycles. The van der Waals surface area contributed by atoms with Crippen molar-refractivity contribution in [3.63, 3.8) is 0 Å². The molecule has 4 atom stereocenters. The van der Waals surface area contributed by atoms with Gasteiger partial charge in [-0.2, -0.15) is 4.39 Å². The Kier molecular flexibility index (Phi) is 5.33. The molecule has 3 N–H and O–H groups in total. The van der Waals surface area contributed by atoms with Crippen molar-refractivity contribution in [1.29, 1.82) is 0 Å². The van der Waals surface area contributed by atoms with E-state index in [0.29, 0.717) is 15.3 Å². The third-order valence-corrected chi connectivity index (χ3v) is 3.90. The number of aliphatic hydroxyl groups is 3. The zero-order valence-electron chi connectivity index (χ0n) is 13.1. The van der Waals surface area contributed by atoms with Crippen LogP contribution in [0.1, 0.15) is 20.1 Å². The van der Waals surface area contributed by atoms with Crippen molar-refractivity contribution in [2.45, 2.75) is 44.9 Å². The number of ether oxygens (including phenoxy) is 1. The van der Waals surface area contributed by atoms with E-state index < -0.39 is 66.5 Å². The van der Waals surface area contributed by atoms with Gasteiger partial charge in [-0.15, -0.1) is 0 Å². The Morgan fingerprint density at radius 3 is 2.46 bits per heavy atom. The molecular weight excluding hydrogens is 327 g/mol. The summed E-state index contributed by atoms with van der Waals surface area (Å²) in [5.41, 5.74) is -2.33. The smallest absolute Gasteiger partial charge is 0.333 e. The Labute approximate surface area is 135 Å². The molecule has 1 aromatic heterocycles. The van der Waals surface area contributed by atoms with Gasteiger partial charge >= 0.3 is 5.69 Å². The topological polar surface area (TPSA) is 131 Å². The molecule has 0 spiro atoms. The number of hydrogen-bond donors (Lipinski definition) is 3. The van der Waals surface area contributed by atoms with E-state index in [1.807, 2.05) is 0 Å². The summed E-state index contributed by atoms with van der Waals surface area (Å²) in [5.74, 6) is -2.24. The van der Waals surface area contributed by atoms with Gasteiger partial charge in [0.05, 0.1) is 19.3 Å². The summed E-state index contributed by atoms with van der Waals surface area (Å²) in [6, 6.07) is 0. The minimum Gasteiger partial charge on any atom is -0.394 e. The normalized spacial score (nSPS) is 27.0. The minimum atomic E-state index is -1.62. The second-order valence-corrected chi connectivity index (χ2v) is 5.91. The quantitative estimate of drug-likeness (QED) is 0.561. The van der Waals surface area contributed by atoms with Gasteiger partial charge in [0.1, 0.15) is 18.3 Å². The lowest BCUT2D eigenvalue weighted by Gasteiger charge is -2.19. The van der Waals surface area contributed by atoms with Crippen LogP contribution < -0.4 is 11.2 Å². The SMILES string of the molecule is CC(C)C(=O)Cn1c(=O)c(F)cn([C@@H]2O[C@H](CO)[C@@H](O)[C@H]2O)c1=O. The Bertz CT molecular complexity index is 742. The van der Waals surface area contributed by atoms with Crippen LogP contribution in [0.2, 0.25) is 0 Å². The highest BCUT2D eigenvalue weighted by molar-refractivity contribution is 5.80. The summed E-state index contributed by atoms with van der Waals surface area (Å²) in [6.07, 6.45) is -5.24. The van der Waals surface area contributed by atoms with E-state index in [4.69, 9.17) is 9.84 Å². The Morgan fingerprint density at radius 1 is 1.33 bits per heavy atom. The fraction of sp³-hybridized carbons (Fsp3) is 0.643. The molecule has 1 aliphatic heterocycles. The van der Waals surface area contributed by atoms with Crippen molar-refractivity contribution in [2.75, 3.05) is 6.61 Å². The predicted molar refractivity (Wildman–Crippen MR) is 77.8 cm³/mol. The molecule has 1 aromatic rings. The van der Waals surface area contributed by atoms with Gasteiger partial charge in [-0.05, 0) is 0 Å². The monoisotopic (exact) mass is 346 g/mol. The molecule has 1 aliphatic rings. The molecule has 0 amide bonds. The molecule has 9 nitrogen and oxygen atoms in total. The van der Waals surface area contributed by atoms with Crippen molar-refractivity contribution < 1.29 is 29.2 Å². The van der Waals surface area contributed by atoms with Crippen molar-refractivity contribution in [3.05, 3.63) is 32.9 Å². The fourth-order valence-electron chi connectivity index (χ4n) is 2.36. The molecule has 0 unspecified atom stereocenters. The summed E-state index contributed by atoms with van der Waals surface area (Å²) in [5, 5.41) is 28.7. The average molecular weight is 346 g/mol. The highest BCUT2D eigenvalue weighted by atomic mass is 19.1. The second-order valence-electron chi connectivity index (χ2n) is 5.91. The molecule has 2 rings (SSSR count). The molecule has 0 bridgehead atoms. The lowest BCUT2D eigenvalue weighted by molar-refractivity contribution is -0.122. The van der Waals surface area contributed by atoms with E-state index in [1.165, 1.54) is 0 Å². The number of nitrogens with zero attached hydrogens (tertiary/aromatic N) is 2. The van der Waals surface area contributed by atoms with Gasteiger partial charge in [-0.25, -0.2) is 4.79 Å². The Balaban J connectivity index is 2.50. The van der Waals surface area contributed by atoms with Crippen molar-refractivity contribution in [3.8, 4) is 0 Å². The third kappa shape index (κ3) is 3.18. The number of halogens is 1. The van der Waals surface area contributed by atoms with Crippen molar-refractivity contribution in [2.24, 2.45) is 5.92 Å². The van der Waals surface area contributed by atoms with Crippen molar-refractivity contribution >= 4 is 5.78 Å². The van der Waals surface area contributed by atoms with E-state index in [-0.39, 0.29) is 0 Å². The Hall–Kier alpha value is -1.88. The van der Waals surface area contributed by atoms with E-state index in [2.05, 4.69) is 0 Å². The number of rotatable bonds is 5. The van der Waals surface area contributed by atoms with Crippen LogP contribution in [0, 0.1) is 11.7 Å². The maximum absolute atomic E-state index is 13.9. The van der Waals surface area contributed by atoms with Gasteiger partial charge in [-0.1, -0.05) is 13.8 Å². The van der Waals surface area contributed by atoms with Gasteiger partial charge < -0.3 is 20.1 Å². The molecule has 0 aliphatic carbocycles. The first kappa shape index (κ1) is 18.5. The van der Waals surface area contributed by atoms with E-state index in [0.717, 1.165) is 0 Å². The maximum atomic E-state index is 13.9. The number of carbonyl (C=O) groups excluding carboxylic acids is 1. The zero-order chi connectivity index (χ0) is 18.2. The van der Waals surface area contributed by atoms with E-state index in [9.17, 15) is 29.0 Å². The number of Topliss-reactive ketones (excluding diaryl/α,β-unsaturated/α-hetero) is 1.